The van der Waals surface area contributed by atoms with Crippen LogP contribution in [0.15, 0.2) is 60.8 Å². The predicted octanol–water partition coefficient (Wildman–Crippen LogP) is -1.88. The molecular formula is C47H61N9O16. The Labute approximate surface area is 412 Å². The van der Waals surface area contributed by atoms with Crippen LogP contribution >= 0.6 is 0 Å². The normalized spacial score (nSPS) is 16.2. The van der Waals surface area contributed by atoms with Gasteiger partial charge in [0.15, 0.2) is 0 Å². The van der Waals surface area contributed by atoms with Crippen LogP contribution < -0.4 is 37.6 Å². The summed E-state index contributed by atoms with van der Waals surface area (Å²) < 4.78 is 0. The van der Waals surface area contributed by atoms with Crippen LogP contribution in [0, 0.1) is 5.92 Å². The molecule has 8 atom stereocenters. The maximum atomic E-state index is 14.5. The van der Waals surface area contributed by atoms with Gasteiger partial charge in [0, 0.05) is 42.9 Å². The van der Waals surface area contributed by atoms with E-state index < -0.39 is 146 Å². The van der Waals surface area contributed by atoms with Crippen molar-refractivity contribution in [3.63, 3.8) is 0 Å². The molecule has 72 heavy (non-hydrogen) atoms. The summed E-state index contributed by atoms with van der Waals surface area (Å²) in [5.74, 6) is -13.5. The lowest BCUT2D eigenvalue weighted by atomic mass is 10.00. The van der Waals surface area contributed by atoms with Crippen molar-refractivity contribution in [2.24, 2.45) is 11.7 Å². The van der Waals surface area contributed by atoms with Crippen LogP contribution in [0.25, 0.3) is 10.9 Å². The minimum Gasteiger partial charge on any atom is -0.481 e. The third-order valence-corrected chi connectivity index (χ3v) is 11.6. The first kappa shape index (κ1) is 56.7. The summed E-state index contributed by atoms with van der Waals surface area (Å²) in [4.78, 5) is 148. The number of para-hydroxylation sites is 1. The van der Waals surface area contributed by atoms with Gasteiger partial charge >= 0.3 is 23.9 Å². The van der Waals surface area contributed by atoms with Crippen LogP contribution in [0.5, 0.6) is 0 Å². The Balaban J connectivity index is 1.66. The Hall–Kier alpha value is -7.93. The van der Waals surface area contributed by atoms with E-state index in [1.807, 2.05) is 0 Å². The second-order valence-corrected chi connectivity index (χ2v) is 17.7. The second-order valence-electron chi connectivity index (χ2n) is 17.7. The van der Waals surface area contributed by atoms with Crippen LogP contribution in [0.3, 0.4) is 0 Å². The highest BCUT2D eigenvalue weighted by Crippen LogP contribution is 2.21. The van der Waals surface area contributed by atoms with E-state index in [9.17, 15) is 78.3 Å². The van der Waals surface area contributed by atoms with Crippen LogP contribution in [-0.2, 0) is 65.6 Å². The first-order chi connectivity index (χ1) is 34.1. The Bertz CT molecular complexity index is 2460. The van der Waals surface area contributed by atoms with Crippen molar-refractivity contribution in [3.8, 4) is 0 Å². The third kappa shape index (κ3) is 16.9. The molecule has 2 aromatic carbocycles. The number of amides is 7. The smallest absolute Gasteiger partial charge is 0.326 e. The number of aliphatic carboxylic acids is 4. The SMILES string of the molecule is CC(C)C[C@H](NC(=O)[C@H](CC(=O)O)NC(=O)[C@H](Cc1c[nH]c2ccccc12)NC(=O)[C@H](Cc1ccccc1)NC(=O)[C@H](CCC(=O)O)NC(=O)[C@@H](N)CO)C(=O)N[C@@H](CC(=O)O)C(=O)N1CCC[C@H]1C(=O)O. The van der Waals surface area contributed by atoms with E-state index in [1.54, 1.807) is 74.6 Å². The molecule has 14 N–H and O–H groups in total. The average molecular weight is 1010 g/mol. The van der Waals surface area contributed by atoms with Crippen molar-refractivity contribution in [2.45, 2.75) is 120 Å². The number of nitrogens with zero attached hydrogens (tertiary/aromatic N) is 1. The van der Waals surface area contributed by atoms with Gasteiger partial charge in [0.25, 0.3) is 0 Å². The number of aliphatic hydroxyl groups excluding tert-OH is 1. The highest BCUT2D eigenvalue weighted by Gasteiger charge is 2.40. The van der Waals surface area contributed by atoms with Gasteiger partial charge in [-0.25, -0.2) is 4.79 Å². The van der Waals surface area contributed by atoms with Gasteiger partial charge in [-0.2, -0.15) is 0 Å². The molecule has 25 nitrogen and oxygen atoms in total. The molecule has 390 valence electrons. The molecule has 3 aromatic rings. The zero-order chi connectivity index (χ0) is 53.2. The average Bonchev–Trinajstić information content (AvgIpc) is 3.99. The quantitative estimate of drug-likeness (QED) is 0.0378. The van der Waals surface area contributed by atoms with Gasteiger partial charge in [-0.1, -0.05) is 62.4 Å². The van der Waals surface area contributed by atoms with Gasteiger partial charge in [0.1, 0.15) is 48.3 Å². The second kappa shape index (κ2) is 26.9. The number of hydrogen-bond donors (Lipinski definition) is 13. The Kier molecular flexibility index (Phi) is 21.2. The van der Waals surface area contributed by atoms with E-state index >= 15 is 0 Å². The number of carbonyl (C=O) groups is 11. The van der Waals surface area contributed by atoms with Crippen molar-refractivity contribution >= 4 is 76.1 Å². The van der Waals surface area contributed by atoms with E-state index in [0.717, 1.165) is 4.90 Å². The summed E-state index contributed by atoms with van der Waals surface area (Å²) in [6.45, 7) is 2.49. The number of aliphatic hydroxyl groups is 1. The largest absolute Gasteiger partial charge is 0.481 e. The molecule has 1 aliphatic rings. The summed E-state index contributed by atoms with van der Waals surface area (Å²) in [7, 11) is 0. The maximum absolute atomic E-state index is 14.5. The topological polar surface area (TPSA) is 406 Å². The van der Waals surface area contributed by atoms with Crippen LogP contribution in [0.1, 0.15) is 69.9 Å². The number of likely N-dealkylation sites (tertiary alicyclic amines) is 1. The maximum Gasteiger partial charge on any atom is 0.326 e. The van der Waals surface area contributed by atoms with Crippen molar-refractivity contribution < 1.29 is 78.3 Å². The summed E-state index contributed by atoms with van der Waals surface area (Å²) in [6, 6.07) is 2.36. The molecule has 0 bridgehead atoms. The molecule has 0 aliphatic carbocycles. The number of aromatic nitrogens is 1. The molecule has 0 radical (unpaired) electrons. The Morgan fingerprint density at radius 1 is 0.639 bits per heavy atom. The highest BCUT2D eigenvalue weighted by molar-refractivity contribution is 5.99. The number of aromatic amines is 1. The summed E-state index contributed by atoms with van der Waals surface area (Å²) in [5.41, 5.74) is 7.22. The number of carboxylic acids is 4. The van der Waals surface area contributed by atoms with Crippen LogP contribution in [-0.4, -0.2) is 162 Å². The van der Waals surface area contributed by atoms with Gasteiger partial charge in [-0.15, -0.1) is 0 Å². The van der Waals surface area contributed by atoms with Crippen molar-refractivity contribution in [1.82, 2.24) is 41.8 Å². The molecule has 0 saturated carbocycles. The molecule has 1 aromatic heterocycles. The van der Waals surface area contributed by atoms with E-state index in [4.69, 9.17) is 5.73 Å². The number of benzene rings is 2. The van der Waals surface area contributed by atoms with Gasteiger partial charge < -0.3 is 73.1 Å². The Morgan fingerprint density at radius 2 is 1.15 bits per heavy atom. The molecule has 1 fully saturated rings. The van der Waals surface area contributed by atoms with E-state index in [1.165, 1.54) is 0 Å². The first-order valence-electron chi connectivity index (χ1n) is 23.0. The highest BCUT2D eigenvalue weighted by atomic mass is 16.4. The zero-order valence-electron chi connectivity index (χ0n) is 39.5. The lowest BCUT2D eigenvalue weighted by Gasteiger charge is -2.29. The van der Waals surface area contributed by atoms with Crippen molar-refractivity contribution in [3.05, 3.63) is 71.9 Å². The molecule has 4 rings (SSSR count). The van der Waals surface area contributed by atoms with E-state index in [2.05, 4.69) is 36.9 Å². The summed E-state index contributed by atoms with van der Waals surface area (Å²) in [6.07, 6.45) is -1.82. The number of nitrogens with one attached hydrogen (secondary N) is 7. The Morgan fingerprint density at radius 3 is 1.75 bits per heavy atom. The number of rotatable bonds is 28. The third-order valence-electron chi connectivity index (χ3n) is 11.6. The zero-order valence-corrected chi connectivity index (χ0v) is 39.5. The number of nitrogens with two attached hydrogens (primary N) is 1. The minimum absolute atomic E-state index is 0.0228. The lowest BCUT2D eigenvalue weighted by Crippen LogP contribution is -2.61. The van der Waals surface area contributed by atoms with Gasteiger partial charge in [0.05, 0.1) is 19.4 Å². The molecule has 25 heteroatoms. The van der Waals surface area contributed by atoms with Crippen molar-refractivity contribution in [1.29, 1.82) is 0 Å². The van der Waals surface area contributed by atoms with Crippen LogP contribution in [0.2, 0.25) is 0 Å². The molecule has 1 saturated heterocycles. The van der Waals surface area contributed by atoms with Gasteiger partial charge in [-0.05, 0) is 48.8 Å². The van der Waals surface area contributed by atoms with Gasteiger partial charge in [-0.3, -0.25) is 47.9 Å². The first-order valence-corrected chi connectivity index (χ1v) is 23.0. The monoisotopic (exact) mass is 1010 g/mol. The molecule has 0 unspecified atom stereocenters. The van der Waals surface area contributed by atoms with E-state index in [-0.39, 0.29) is 38.1 Å². The minimum atomic E-state index is -1.94. The van der Waals surface area contributed by atoms with E-state index in [0.29, 0.717) is 28.5 Å². The fourth-order valence-electron chi connectivity index (χ4n) is 8.00. The fraction of sp³-hybridized carbons (Fsp3) is 0.468. The lowest BCUT2D eigenvalue weighted by molar-refractivity contribution is -0.150. The number of carbonyl (C=O) groups excluding carboxylic acids is 7. The molecule has 1 aliphatic heterocycles. The predicted molar refractivity (Wildman–Crippen MR) is 252 cm³/mol. The molecular weight excluding hydrogens is 947 g/mol. The number of hydrogen-bond acceptors (Lipinski definition) is 13. The summed E-state index contributed by atoms with van der Waals surface area (Å²) >= 11 is 0. The van der Waals surface area contributed by atoms with Gasteiger partial charge in [0.2, 0.25) is 41.4 Å². The molecule has 7 amide bonds. The number of carboxylic acid groups (broad SMARTS) is 4. The summed E-state index contributed by atoms with van der Waals surface area (Å²) in [5, 5.41) is 63.0. The molecule has 0 spiro atoms. The number of H-pyrrole nitrogens is 1. The standard InChI is InChI=1S/C47H61N9O16/c1-24(2)17-31(42(66)55-35(21-39(62)63)46(70)56-16-8-13-36(56)47(71)72)51-45(69)34(20-38(60)61)54-44(68)33(19-26-22-49-29-12-7-6-11-27(26)29)53-43(67)32(18-25-9-4-3-5-10-25)52-41(65)30(14-15-37(58)59)50-40(64)28(48)23-57/h3-7,9-12,22,24,28,30-36,49,57H,8,13-21,23,48H2,1-2H3,(H,50,64)(H,51,69)(H,52,65)(H,53,67)(H,54,68)(H,55,66)(H,58,59)(H,60,61)(H,62,63)(H,71,72)/t28-,30-,31-,32-,33-,34-,35-,36-/m0/s1. The molecule has 2 heterocycles. The fourth-order valence-corrected chi connectivity index (χ4v) is 8.00. The van der Waals surface area contributed by atoms with Crippen LogP contribution in [0.4, 0.5) is 0 Å². The van der Waals surface area contributed by atoms with Crippen molar-refractivity contribution in [2.75, 3.05) is 13.2 Å². The number of fused-ring (bicyclic) bond motifs is 1.